The van der Waals surface area contributed by atoms with Gasteiger partial charge in [-0.1, -0.05) is 0 Å². The Morgan fingerprint density at radius 1 is 1.47 bits per heavy atom. The lowest BCUT2D eigenvalue weighted by molar-refractivity contribution is -0.130. The second-order valence-corrected chi connectivity index (χ2v) is 4.49. The molecule has 1 atom stereocenters. The molecule has 6 heteroatoms. The third kappa shape index (κ3) is 2.82. The summed E-state index contributed by atoms with van der Waals surface area (Å²) >= 11 is 0. The van der Waals surface area contributed by atoms with E-state index >= 15 is 0 Å². The molecule has 0 aromatic rings. The van der Waals surface area contributed by atoms with Gasteiger partial charge in [0.05, 0.1) is 0 Å². The highest BCUT2D eigenvalue weighted by Crippen LogP contribution is 2.20. The van der Waals surface area contributed by atoms with Gasteiger partial charge in [0.15, 0.2) is 0 Å². The minimum Gasteiger partial charge on any atom is -0.444 e. The van der Waals surface area contributed by atoms with Gasteiger partial charge in [-0.2, -0.15) is 0 Å². The predicted molar refractivity (Wildman–Crippen MR) is 53.7 cm³/mol. The minimum atomic E-state index is -0.545. The fourth-order valence-electron chi connectivity index (χ4n) is 1.30. The molecule has 1 aliphatic rings. The van der Waals surface area contributed by atoms with E-state index in [-0.39, 0.29) is 5.91 Å². The predicted octanol–water partition coefficient (Wildman–Crippen LogP) is -0.0143. The molecule has 0 aromatic carbocycles. The Balaban J connectivity index is 2.51. The number of carbonyl (C=O) groups excluding carboxylic acids is 2. The van der Waals surface area contributed by atoms with Crippen LogP contribution in [0.5, 0.6) is 0 Å². The van der Waals surface area contributed by atoms with E-state index < -0.39 is 17.7 Å². The number of nitrogens with zero attached hydrogens (tertiary/aromatic N) is 1. The number of amides is 2. The largest absolute Gasteiger partial charge is 0.444 e. The van der Waals surface area contributed by atoms with E-state index in [0.29, 0.717) is 13.0 Å². The van der Waals surface area contributed by atoms with E-state index in [1.807, 2.05) is 5.43 Å². The van der Waals surface area contributed by atoms with Crippen LogP contribution in [0.2, 0.25) is 0 Å². The van der Waals surface area contributed by atoms with E-state index in [2.05, 4.69) is 0 Å². The van der Waals surface area contributed by atoms with E-state index in [1.165, 1.54) is 4.90 Å². The van der Waals surface area contributed by atoms with Crippen LogP contribution in [-0.4, -0.2) is 35.1 Å². The molecular weight excluding hydrogens is 198 g/mol. The fraction of sp³-hybridized carbons (Fsp3) is 0.778. The molecule has 0 bridgehead atoms. The van der Waals surface area contributed by atoms with Crippen molar-refractivity contribution < 1.29 is 14.3 Å². The number of nitrogens with one attached hydrogen (secondary N) is 1. The van der Waals surface area contributed by atoms with Crippen molar-refractivity contribution in [1.82, 2.24) is 10.3 Å². The molecule has 1 aliphatic heterocycles. The lowest BCUT2D eigenvalue weighted by atomic mass is 10.0. The van der Waals surface area contributed by atoms with Gasteiger partial charge in [-0.25, -0.2) is 10.6 Å². The molecule has 86 valence electrons. The number of carbonyl (C=O) groups is 2. The number of nitrogens with two attached hydrogens (primary N) is 1. The first kappa shape index (κ1) is 11.8. The highest BCUT2D eigenvalue weighted by Gasteiger charge is 2.39. The second kappa shape index (κ2) is 4.06. The van der Waals surface area contributed by atoms with Gasteiger partial charge in [0.1, 0.15) is 11.6 Å². The van der Waals surface area contributed by atoms with Crippen LogP contribution in [0.1, 0.15) is 27.2 Å². The van der Waals surface area contributed by atoms with Crippen molar-refractivity contribution in [3.63, 3.8) is 0 Å². The highest BCUT2D eigenvalue weighted by molar-refractivity contribution is 5.86. The molecule has 1 rings (SSSR count). The van der Waals surface area contributed by atoms with Gasteiger partial charge >= 0.3 is 6.09 Å². The van der Waals surface area contributed by atoms with Crippen molar-refractivity contribution in [2.24, 2.45) is 5.84 Å². The van der Waals surface area contributed by atoms with Gasteiger partial charge in [-0.15, -0.1) is 0 Å². The average molecular weight is 215 g/mol. The van der Waals surface area contributed by atoms with E-state index in [0.717, 1.165) is 0 Å². The zero-order valence-electron chi connectivity index (χ0n) is 9.24. The third-order valence-corrected chi connectivity index (χ3v) is 2.09. The number of hydrogen-bond donors (Lipinski definition) is 2. The summed E-state index contributed by atoms with van der Waals surface area (Å²) < 4.78 is 5.13. The molecule has 0 spiro atoms. The first-order valence-electron chi connectivity index (χ1n) is 4.85. The molecule has 0 saturated carbocycles. The summed E-state index contributed by atoms with van der Waals surface area (Å²) in [6, 6.07) is -0.482. The summed E-state index contributed by atoms with van der Waals surface area (Å²) in [7, 11) is 0. The van der Waals surface area contributed by atoms with Gasteiger partial charge in [0, 0.05) is 6.54 Å². The third-order valence-electron chi connectivity index (χ3n) is 2.09. The van der Waals surface area contributed by atoms with Crippen LogP contribution in [0.15, 0.2) is 0 Å². The maximum Gasteiger partial charge on any atom is 0.410 e. The Morgan fingerprint density at radius 2 is 2.07 bits per heavy atom. The number of likely N-dealkylation sites (tertiary alicyclic amines) is 1. The van der Waals surface area contributed by atoms with Crippen molar-refractivity contribution >= 4 is 12.0 Å². The lowest BCUT2D eigenvalue weighted by Crippen LogP contribution is -2.60. The van der Waals surface area contributed by atoms with Gasteiger partial charge in [0.2, 0.25) is 0 Å². The van der Waals surface area contributed by atoms with Gasteiger partial charge in [-0.3, -0.25) is 15.1 Å². The maximum absolute atomic E-state index is 11.6. The zero-order valence-corrected chi connectivity index (χ0v) is 9.24. The van der Waals surface area contributed by atoms with Gasteiger partial charge < -0.3 is 4.74 Å². The fourth-order valence-corrected chi connectivity index (χ4v) is 1.30. The summed E-state index contributed by atoms with van der Waals surface area (Å²) in [5.41, 5.74) is 1.48. The van der Waals surface area contributed by atoms with E-state index in [4.69, 9.17) is 10.6 Å². The Bertz CT molecular complexity index is 272. The number of ether oxygens (including phenoxy) is 1. The van der Waals surface area contributed by atoms with Crippen LogP contribution in [0.4, 0.5) is 4.79 Å². The topological polar surface area (TPSA) is 84.7 Å². The van der Waals surface area contributed by atoms with Gasteiger partial charge in [0.25, 0.3) is 5.91 Å². The molecule has 2 amide bonds. The van der Waals surface area contributed by atoms with Crippen molar-refractivity contribution in [3.8, 4) is 0 Å². The van der Waals surface area contributed by atoms with Crippen molar-refractivity contribution in [1.29, 1.82) is 0 Å². The van der Waals surface area contributed by atoms with Crippen LogP contribution in [0, 0.1) is 0 Å². The Labute approximate surface area is 88.7 Å². The Morgan fingerprint density at radius 3 is 2.40 bits per heavy atom. The van der Waals surface area contributed by atoms with Crippen molar-refractivity contribution in [2.45, 2.75) is 38.8 Å². The highest BCUT2D eigenvalue weighted by atomic mass is 16.6. The molecule has 0 radical (unpaired) electrons. The van der Waals surface area contributed by atoms with E-state index in [1.54, 1.807) is 20.8 Å². The molecule has 1 fully saturated rings. The van der Waals surface area contributed by atoms with Crippen LogP contribution in [0.3, 0.4) is 0 Å². The number of rotatable bonds is 1. The maximum atomic E-state index is 11.6. The molecule has 1 heterocycles. The molecule has 0 aliphatic carbocycles. The minimum absolute atomic E-state index is 0.355. The summed E-state index contributed by atoms with van der Waals surface area (Å²) in [6.45, 7) is 5.88. The van der Waals surface area contributed by atoms with Crippen LogP contribution < -0.4 is 11.3 Å². The van der Waals surface area contributed by atoms with Crippen LogP contribution >= 0.6 is 0 Å². The number of hydrogen-bond acceptors (Lipinski definition) is 4. The quantitative estimate of drug-likeness (QED) is 0.366. The summed E-state index contributed by atoms with van der Waals surface area (Å²) in [6.07, 6.45) is 0.157. The normalized spacial score (nSPS) is 20.5. The molecule has 1 saturated heterocycles. The monoisotopic (exact) mass is 215 g/mol. The average Bonchev–Trinajstić information content (AvgIpc) is 1.97. The van der Waals surface area contributed by atoms with Crippen molar-refractivity contribution in [2.75, 3.05) is 6.54 Å². The van der Waals surface area contributed by atoms with Crippen molar-refractivity contribution in [3.05, 3.63) is 0 Å². The zero-order chi connectivity index (χ0) is 11.6. The summed E-state index contributed by atoms with van der Waals surface area (Å²) in [5, 5.41) is 0. The SMILES string of the molecule is CC(C)(C)OC(=O)N1CC[C@H]1C(=O)NN. The van der Waals surface area contributed by atoms with Crippen LogP contribution in [-0.2, 0) is 9.53 Å². The van der Waals surface area contributed by atoms with Crippen LogP contribution in [0.25, 0.3) is 0 Å². The Kier molecular flexibility index (Phi) is 3.18. The molecule has 15 heavy (non-hydrogen) atoms. The molecule has 3 N–H and O–H groups in total. The standard InChI is InChI=1S/C9H17N3O3/c1-9(2,3)15-8(14)12-5-4-6(12)7(13)11-10/h6H,4-5,10H2,1-3H3,(H,11,13)/t6-/m0/s1. The smallest absolute Gasteiger partial charge is 0.410 e. The molecular formula is C9H17N3O3. The number of hydrazine groups is 1. The molecule has 6 nitrogen and oxygen atoms in total. The first-order chi connectivity index (χ1) is 6.85. The van der Waals surface area contributed by atoms with E-state index in [9.17, 15) is 9.59 Å². The first-order valence-corrected chi connectivity index (χ1v) is 4.85. The van der Waals surface area contributed by atoms with Gasteiger partial charge in [-0.05, 0) is 27.2 Å². The summed E-state index contributed by atoms with van der Waals surface area (Å²) in [5.74, 6) is 4.64. The molecule has 0 aromatic heterocycles. The second-order valence-electron chi connectivity index (χ2n) is 4.49. The lowest BCUT2D eigenvalue weighted by Gasteiger charge is -2.39. The molecule has 0 unspecified atom stereocenters. The summed E-state index contributed by atoms with van der Waals surface area (Å²) in [4.78, 5) is 24.1. The Hall–Kier alpha value is -1.30.